The third kappa shape index (κ3) is 4.83. The molecule has 0 spiro atoms. The minimum atomic E-state index is -0.357. The van der Waals surface area contributed by atoms with Crippen molar-refractivity contribution in [2.24, 2.45) is 0 Å². The van der Waals surface area contributed by atoms with Crippen molar-refractivity contribution in [3.05, 3.63) is 70.8 Å². The van der Waals surface area contributed by atoms with Crippen molar-refractivity contribution in [3.63, 3.8) is 0 Å². The van der Waals surface area contributed by atoms with Crippen LogP contribution in [-0.4, -0.2) is 16.4 Å². The maximum atomic E-state index is 5.63. The van der Waals surface area contributed by atoms with Gasteiger partial charge in [0.1, 0.15) is 0 Å². The molecule has 2 aromatic rings. The monoisotopic (exact) mass is 298 g/mol. The van der Waals surface area contributed by atoms with Gasteiger partial charge in [-0.25, -0.2) is 0 Å². The smallest absolute Gasteiger partial charge is 0.161 e. The van der Waals surface area contributed by atoms with Crippen molar-refractivity contribution in [1.82, 2.24) is 0 Å². The first-order chi connectivity index (χ1) is 10.2. The quantitative estimate of drug-likeness (QED) is 0.545. The van der Waals surface area contributed by atoms with Gasteiger partial charge in [0.05, 0.1) is 0 Å². The van der Waals surface area contributed by atoms with E-state index in [-0.39, 0.29) is 9.76 Å². The summed E-state index contributed by atoms with van der Waals surface area (Å²) in [6.45, 7) is 7.25. The van der Waals surface area contributed by atoms with Gasteiger partial charge in [-0.05, 0) is 44.4 Å². The second-order valence-electron chi connectivity index (χ2n) is 5.71. The number of hydrogen-bond acceptors (Lipinski definition) is 1. The fraction of sp³-hybridized carbons (Fsp3) is 0.368. The van der Waals surface area contributed by atoms with E-state index in [0.717, 1.165) is 6.61 Å². The first-order valence-corrected chi connectivity index (χ1v) is 9.49. The van der Waals surface area contributed by atoms with E-state index in [1.165, 1.54) is 34.7 Å². The summed E-state index contributed by atoms with van der Waals surface area (Å²) in [4.78, 5) is 0. The van der Waals surface area contributed by atoms with Crippen LogP contribution in [0.2, 0.25) is 6.04 Å². The maximum Gasteiger partial charge on any atom is 0.161 e. The van der Waals surface area contributed by atoms with E-state index in [2.05, 4.69) is 69.3 Å². The molecule has 0 heterocycles. The van der Waals surface area contributed by atoms with Crippen LogP contribution in [0.1, 0.15) is 41.5 Å². The predicted molar refractivity (Wildman–Crippen MR) is 93.8 cm³/mol. The average Bonchev–Trinajstić information content (AvgIpc) is 2.50. The molecule has 0 saturated carbocycles. The Hall–Kier alpha value is -1.38. The highest BCUT2D eigenvalue weighted by Gasteiger charge is 2.14. The van der Waals surface area contributed by atoms with Crippen LogP contribution in [0.3, 0.4) is 0 Å². The van der Waals surface area contributed by atoms with E-state index in [4.69, 9.17) is 4.43 Å². The highest BCUT2D eigenvalue weighted by Crippen LogP contribution is 2.29. The fourth-order valence-corrected chi connectivity index (χ4v) is 3.72. The molecule has 0 saturated heterocycles. The average molecular weight is 299 g/mol. The van der Waals surface area contributed by atoms with E-state index in [0.29, 0.717) is 5.92 Å². The zero-order valence-electron chi connectivity index (χ0n) is 13.4. The van der Waals surface area contributed by atoms with Crippen LogP contribution < -0.4 is 0 Å². The fourth-order valence-electron chi connectivity index (χ4n) is 2.66. The van der Waals surface area contributed by atoms with Gasteiger partial charge < -0.3 is 4.43 Å². The standard InChI is InChI=1S/C19H26OSi/c1-4-20-21-14-13-19(17-9-5-15(2)6-10-17)18-11-7-16(3)8-12-18/h5-12,19H,4,13-14,21H2,1-3H3. The summed E-state index contributed by atoms with van der Waals surface area (Å²) >= 11 is 0. The normalized spacial score (nSPS) is 11.6. The lowest BCUT2D eigenvalue weighted by Crippen LogP contribution is -2.05. The summed E-state index contributed by atoms with van der Waals surface area (Å²) in [5.41, 5.74) is 5.50. The molecule has 0 fully saturated rings. The minimum absolute atomic E-state index is 0.357. The van der Waals surface area contributed by atoms with Crippen LogP contribution in [0, 0.1) is 13.8 Å². The molecule has 1 nitrogen and oxygen atoms in total. The largest absolute Gasteiger partial charge is 0.424 e. The van der Waals surface area contributed by atoms with Crippen molar-refractivity contribution < 1.29 is 4.43 Å². The van der Waals surface area contributed by atoms with E-state index in [1.807, 2.05) is 0 Å². The summed E-state index contributed by atoms with van der Waals surface area (Å²) < 4.78 is 5.63. The van der Waals surface area contributed by atoms with Crippen molar-refractivity contribution in [2.75, 3.05) is 6.61 Å². The van der Waals surface area contributed by atoms with Crippen LogP contribution >= 0.6 is 0 Å². The van der Waals surface area contributed by atoms with E-state index in [1.54, 1.807) is 0 Å². The van der Waals surface area contributed by atoms with Crippen molar-refractivity contribution in [2.45, 2.75) is 39.2 Å². The van der Waals surface area contributed by atoms with Crippen LogP contribution in [0.25, 0.3) is 0 Å². The van der Waals surface area contributed by atoms with Gasteiger partial charge in [-0.3, -0.25) is 0 Å². The third-order valence-electron chi connectivity index (χ3n) is 3.95. The highest BCUT2D eigenvalue weighted by molar-refractivity contribution is 6.27. The molecule has 0 aliphatic rings. The molecule has 0 N–H and O–H groups in total. The summed E-state index contributed by atoms with van der Waals surface area (Å²) in [6.07, 6.45) is 1.19. The Morgan fingerprint density at radius 3 is 1.76 bits per heavy atom. The molecule has 2 rings (SSSR count). The van der Waals surface area contributed by atoms with Gasteiger partial charge in [0.25, 0.3) is 0 Å². The van der Waals surface area contributed by atoms with E-state index >= 15 is 0 Å². The van der Waals surface area contributed by atoms with Crippen molar-refractivity contribution in [3.8, 4) is 0 Å². The predicted octanol–water partition coefficient (Wildman–Crippen LogP) is 4.36. The lowest BCUT2D eigenvalue weighted by Gasteiger charge is -2.18. The summed E-state index contributed by atoms with van der Waals surface area (Å²) in [7, 11) is -0.357. The Morgan fingerprint density at radius 1 is 0.857 bits per heavy atom. The molecular formula is C19H26OSi. The molecule has 0 aliphatic heterocycles. The Labute approximate surface area is 131 Å². The van der Waals surface area contributed by atoms with Crippen LogP contribution in [0.4, 0.5) is 0 Å². The molecule has 21 heavy (non-hydrogen) atoms. The first kappa shape index (κ1) is 16.0. The molecule has 0 atom stereocenters. The number of benzene rings is 2. The molecule has 112 valence electrons. The molecule has 2 heteroatoms. The van der Waals surface area contributed by atoms with Crippen LogP contribution in [0.5, 0.6) is 0 Å². The number of rotatable bonds is 7. The van der Waals surface area contributed by atoms with E-state index < -0.39 is 0 Å². The van der Waals surface area contributed by atoms with Gasteiger partial charge in [0.2, 0.25) is 0 Å². The lowest BCUT2D eigenvalue weighted by atomic mass is 9.88. The van der Waals surface area contributed by atoms with Gasteiger partial charge in [-0.1, -0.05) is 59.7 Å². The summed E-state index contributed by atoms with van der Waals surface area (Å²) in [5.74, 6) is 0.499. The van der Waals surface area contributed by atoms with E-state index in [9.17, 15) is 0 Å². The Balaban J connectivity index is 2.17. The molecular weight excluding hydrogens is 272 g/mol. The summed E-state index contributed by atoms with van der Waals surface area (Å²) in [6, 6.07) is 19.2. The lowest BCUT2D eigenvalue weighted by molar-refractivity contribution is 0.358. The second-order valence-corrected chi connectivity index (χ2v) is 7.24. The SMILES string of the molecule is CCO[SiH2]CCC(c1ccc(C)cc1)c1ccc(C)cc1. The molecule has 0 amide bonds. The third-order valence-corrected chi connectivity index (χ3v) is 5.34. The molecule has 0 aliphatic carbocycles. The first-order valence-electron chi connectivity index (χ1n) is 7.91. The van der Waals surface area contributed by atoms with Crippen LogP contribution in [0.15, 0.2) is 48.5 Å². The van der Waals surface area contributed by atoms with Crippen LogP contribution in [-0.2, 0) is 4.43 Å². The highest BCUT2D eigenvalue weighted by atomic mass is 28.2. The van der Waals surface area contributed by atoms with Crippen molar-refractivity contribution >= 4 is 9.76 Å². The van der Waals surface area contributed by atoms with Gasteiger partial charge in [0.15, 0.2) is 9.76 Å². The molecule has 0 bridgehead atoms. The number of aryl methyl sites for hydroxylation is 2. The Kier molecular flexibility index (Phi) is 6.21. The zero-order valence-corrected chi connectivity index (χ0v) is 14.8. The van der Waals surface area contributed by atoms with Gasteiger partial charge >= 0.3 is 0 Å². The summed E-state index contributed by atoms with van der Waals surface area (Å²) in [5, 5.41) is 0. The molecule has 0 aromatic heterocycles. The van der Waals surface area contributed by atoms with Gasteiger partial charge in [-0.2, -0.15) is 0 Å². The Morgan fingerprint density at radius 2 is 1.33 bits per heavy atom. The van der Waals surface area contributed by atoms with Crippen molar-refractivity contribution in [1.29, 1.82) is 0 Å². The Bertz CT molecular complexity index is 485. The van der Waals surface area contributed by atoms with Gasteiger partial charge in [-0.15, -0.1) is 0 Å². The number of hydrogen-bond donors (Lipinski definition) is 0. The minimum Gasteiger partial charge on any atom is -0.424 e. The molecule has 0 radical (unpaired) electrons. The molecule has 2 aromatic carbocycles. The zero-order chi connectivity index (χ0) is 15.1. The maximum absolute atomic E-state index is 5.63. The molecule has 0 unspecified atom stereocenters. The second kappa shape index (κ2) is 8.16. The van der Waals surface area contributed by atoms with Gasteiger partial charge in [0, 0.05) is 12.5 Å². The topological polar surface area (TPSA) is 9.23 Å².